The van der Waals surface area contributed by atoms with Crippen LogP contribution >= 0.6 is 0 Å². The van der Waals surface area contributed by atoms with Crippen molar-refractivity contribution in [2.45, 2.75) is 6.04 Å². The predicted octanol–water partition coefficient (Wildman–Crippen LogP) is -0.387. The lowest BCUT2D eigenvalue weighted by molar-refractivity contribution is 0.0998. The Labute approximate surface area is 59.2 Å². The molecule has 0 aliphatic carbocycles. The third-order valence-corrected chi connectivity index (χ3v) is 1.79. The Morgan fingerprint density at radius 1 is 1.50 bits per heavy atom. The smallest absolute Gasteiger partial charge is 0.0800 e. The highest BCUT2D eigenvalue weighted by molar-refractivity contribution is 4.87. The van der Waals surface area contributed by atoms with E-state index in [-0.39, 0.29) is 0 Å². The Hall–Kier alpha value is -0.870. The highest BCUT2D eigenvalue weighted by Crippen LogP contribution is 2.15. The van der Waals surface area contributed by atoms with Crippen molar-refractivity contribution in [3.8, 4) is 0 Å². The molecule has 2 N–H and O–H groups in total. The highest BCUT2D eigenvalue weighted by atomic mass is 15.5. The molecule has 0 aromatic carbocycles. The van der Waals surface area contributed by atoms with E-state index in [1.165, 1.54) is 0 Å². The van der Waals surface area contributed by atoms with Gasteiger partial charge in [-0.15, -0.1) is 0 Å². The Morgan fingerprint density at radius 3 is 2.80 bits per heavy atom. The fourth-order valence-corrected chi connectivity index (χ4v) is 1.15. The van der Waals surface area contributed by atoms with E-state index in [0.717, 1.165) is 13.1 Å². The van der Waals surface area contributed by atoms with Gasteiger partial charge in [0.25, 0.3) is 0 Å². The van der Waals surface area contributed by atoms with Gasteiger partial charge in [0.2, 0.25) is 0 Å². The summed E-state index contributed by atoms with van der Waals surface area (Å²) in [7, 11) is 0. The van der Waals surface area contributed by atoms with Crippen LogP contribution in [0, 0.1) is 0 Å². The van der Waals surface area contributed by atoms with Gasteiger partial charge in [-0.05, 0) is 6.07 Å². The summed E-state index contributed by atoms with van der Waals surface area (Å²) in [5.41, 5.74) is 0. The summed E-state index contributed by atoms with van der Waals surface area (Å²) < 4.78 is 1.95. The lowest BCUT2D eigenvalue weighted by Crippen LogP contribution is -2.51. The van der Waals surface area contributed by atoms with Crippen LogP contribution in [-0.2, 0) is 0 Å². The van der Waals surface area contributed by atoms with E-state index in [1.807, 2.05) is 16.9 Å². The molecule has 0 spiro atoms. The van der Waals surface area contributed by atoms with Gasteiger partial charge in [0.1, 0.15) is 0 Å². The third-order valence-electron chi connectivity index (χ3n) is 1.79. The van der Waals surface area contributed by atoms with Gasteiger partial charge in [0, 0.05) is 25.5 Å². The third kappa shape index (κ3) is 0.815. The monoisotopic (exact) mass is 138 g/mol. The molecule has 1 saturated heterocycles. The van der Waals surface area contributed by atoms with Crippen LogP contribution in [0.2, 0.25) is 0 Å². The summed E-state index contributed by atoms with van der Waals surface area (Å²) in [6, 6.07) is 2.43. The van der Waals surface area contributed by atoms with E-state index in [1.54, 1.807) is 11.2 Å². The zero-order valence-electron chi connectivity index (χ0n) is 5.64. The first-order chi connectivity index (χ1) is 4.86. The summed E-state index contributed by atoms with van der Waals surface area (Å²) in [4.78, 5) is 0. The molecule has 54 valence electrons. The van der Waals surface area contributed by atoms with Gasteiger partial charge >= 0.3 is 0 Å². The van der Waals surface area contributed by atoms with Crippen LogP contribution in [0.3, 0.4) is 0 Å². The van der Waals surface area contributed by atoms with Gasteiger partial charge in [-0.25, -0.2) is 5.01 Å². The number of nitrogens with two attached hydrogens (primary N) is 1. The summed E-state index contributed by atoms with van der Waals surface area (Å²) in [6.07, 6.45) is 3.76. The van der Waals surface area contributed by atoms with Crippen molar-refractivity contribution in [2.24, 2.45) is 5.84 Å². The van der Waals surface area contributed by atoms with E-state index in [2.05, 4.69) is 5.10 Å². The molecule has 10 heavy (non-hydrogen) atoms. The molecule has 2 rings (SSSR count). The molecule has 0 amide bonds. The number of aromatic nitrogens is 2. The van der Waals surface area contributed by atoms with Gasteiger partial charge in [-0.3, -0.25) is 10.5 Å². The van der Waals surface area contributed by atoms with Crippen molar-refractivity contribution < 1.29 is 0 Å². The van der Waals surface area contributed by atoms with Gasteiger partial charge in [0.15, 0.2) is 0 Å². The minimum Gasteiger partial charge on any atom is -0.269 e. The van der Waals surface area contributed by atoms with E-state index in [0.29, 0.717) is 6.04 Å². The lowest BCUT2D eigenvalue weighted by atomic mass is 10.2. The van der Waals surface area contributed by atoms with E-state index >= 15 is 0 Å². The van der Waals surface area contributed by atoms with E-state index in [4.69, 9.17) is 5.84 Å². The van der Waals surface area contributed by atoms with Crippen molar-refractivity contribution in [1.82, 2.24) is 14.8 Å². The second kappa shape index (κ2) is 2.07. The first-order valence-corrected chi connectivity index (χ1v) is 3.35. The van der Waals surface area contributed by atoms with Crippen molar-refractivity contribution in [1.29, 1.82) is 0 Å². The molecule has 0 unspecified atom stereocenters. The van der Waals surface area contributed by atoms with Crippen molar-refractivity contribution in [3.05, 3.63) is 18.5 Å². The molecular formula is C6H10N4. The number of rotatable bonds is 1. The normalized spacial score (nSPS) is 20.9. The Bertz CT molecular complexity index is 200. The number of nitrogens with zero attached hydrogens (tertiary/aromatic N) is 3. The Balaban J connectivity index is 2.04. The predicted molar refractivity (Wildman–Crippen MR) is 37.0 cm³/mol. The molecule has 1 aromatic heterocycles. The maximum Gasteiger partial charge on any atom is 0.0800 e. The second-order valence-corrected chi connectivity index (χ2v) is 2.59. The molecule has 4 nitrogen and oxygen atoms in total. The van der Waals surface area contributed by atoms with Crippen LogP contribution in [0.1, 0.15) is 6.04 Å². The van der Waals surface area contributed by atoms with Crippen LogP contribution in [0.4, 0.5) is 0 Å². The molecule has 0 atom stereocenters. The summed E-state index contributed by atoms with van der Waals surface area (Å²) in [6.45, 7) is 1.84. The first-order valence-electron chi connectivity index (χ1n) is 3.35. The van der Waals surface area contributed by atoms with Crippen molar-refractivity contribution in [2.75, 3.05) is 13.1 Å². The average Bonchev–Trinajstić information content (AvgIpc) is 2.31. The second-order valence-electron chi connectivity index (χ2n) is 2.59. The van der Waals surface area contributed by atoms with Gasteiger partial charge in [-0.2, -0.15) is 5.10 Å². The summed E-state index contributed by atoms with van der Waals surface area (Å²) in [5.74, 6) is 5.47. The number of hydrogen-bond donors (Lipinski definition) is 1. The molecule has 4 heteroatoms. The summed E-state index contributed by atoms with van der Waals surface area (Å²) >= 11 is 0. The molecule has 1 aliphatic rings. The standard InChI is InChI=1S/C6H10N4/c7-9-4-6(5-9)10-3-1-2-8-10/h1-3,6H,4-5,7H2. The molecule has 2 heterocycles. The molecule has 0 saturated carbocycles. The SMILES string of the molecule is NN1CC(n2cccn2)C1. The largest absolute Gasteiger partial charge is 0.269 e. The fourth-order valence-electron chi connectivity index (χ4n) is 1.15. The van der Waals surface area contributed by atoms with Crippen LogP contribution in [0.15, 0.2) is 18.5 Å². The topological polar surface area (TPSA) is 47.1 Å². The number of hydrogen-bond acceptors (Lipinski definition) is 3. The van der Waals surface area contributed by atoms with Crippen molar-refractivity contribution in [3.63, 3.8) is 0 Å². The minimum atomic E-state index is 0.500. The van der Waals surface area contributed by atoms with Crippen LogP contribution < -0.4 is 5.84 Å². The summed E-state index contributed by atoms with van der Waals surface area (Å²) in [5, 5.41) is 5.89. The molecule has 0 bridgehead atoms. The van der Waals surface area contributed by atoms with Crippen LogP contribution in [0.25, 0.3) is 0 Å². The molecule has 1 fully saturated rings. The average molecular weight is 138 g/mol. The molecule has 1 aliphatic heterocycles. The molecular weight excluding hydrogens is 128 g/mol. The molecule has 0 radical (unpaired) electrons. The highest BCUT2D eigenvalue weighted by Gasteiger charge is 2.25. The van der Waals surface area contributed by atoms with Crippen molar-refractivity contribution >= 4 is 0 Å². The fraction of sp³-hybridized carbons (Fsp3) is 0.500. The quantitative estimate of drug-likeness (QED) is 0.538. The Morgan fingerprint density at radius 2 is 2.30 bits per heavy atom. The minimum absolute atomic E-state index is 0.500. The maximum absolute atomic E-state index is 5.47. The zero-order chi connectivity index (χ0) is 6.97. The van der Waals surface area contributed by atoms with Crippen LogP contribution in [-0.4, -0.2) is 27.9 Å². The van der Waals surface area contributed by atoms with Crippen LogP contribution in [0.5, 0.6) is 0 Å². The van der Waals surface area contributed by atoms with Gasteiger partial charge < -0.3 is 0 Å². The van der Waals surface area contributed by atoms with E-state index in [9.17, 15) is 0 Å². The van der Waals surface area contributed by atoms with Gasteiger partial charge in [0.05, 0.1) is 6.04 Å². The van der Waals surface area contributed by atoms with E-state index < -0.39 is 0 Å². The molecule has 1 aromatic rings. The Kier molecular flexibility index (Phi) is 1.22. The first kappa shape index (κ1) is 5.88. The zero-order valence-corrected chi connectivity index (χ0v) is 5.64. The lowest BCUT2D eigenvalue weighted by Gasteiger charge is -2.35. The number of hydrazine groups is 1. The van der Waals surface area contributed by atoms with Gasteiger partial charge in [-0.1, -0.05) is 0 Å². The maximum atomic E-state index is 5.47.